The molecule has 0 aliphatic rings. The second-order valence-corrected chi connectivity index (χ2v) is 11.3. The predicted octanol–water partition coefficient (Wildman–Crippen LogP) is 3.56. The molecule has 0 aromatic carbocycles. The molecule has 0 heterocycles. The number of aliphatic hydroxyl groups excluding tert-OH is 1. The molecule has 10 nitrogen and oxygen atoms in total. The zero-order valence-electron chi connectivity index (χ0n) is 21.8. The van der Waals surface area contributed by atoms with E-state index in [1.54, 1.807) is 21.3 Å². The molecule has 0 aliphatic heterocycles. The zero-order valence-corrected chi connectivity index (χ0v) is 22.8. The van der Waals surface area contributed by atoms with E-state index in [4.69, 9.17) is 32.6 Å². The molecule has 0 rings (SSSR count). The van der Waals surface area contributed by atoms with Crippen LogP contribution in [0.5, 0.6) is 0 Å². The predicted molar refractivity (Wildman–Crippen MR) is 132 cm³/mol. The second kappa shape index (κ2) is 22.9. The fourth-order valence-electron chi connectivity index (χ4n) is 3.34. The molecule has 0 radical (unpaired) electrons. The number of unbranched alkanes of at least 4 members (excludes halogenated alkanes) is 7. The van der Waals surface area contributed by atoms with Gasteiger partial charge in [0, 0.05) is 53.2 Å². The maximum Gasteiger partial charge on any atom is 0.500 e. The average Bonchev–Trinajstić information content (AvgIpc) is 2.86. The smallest absolute Gasteiger partial charge is 0.466 e. The Balaban J connectivity index is 3.54. The van der Waals surface area contributed by atoms with Crippen LogP contribution in [0, 0.1) is 0 Å². The van der Waals surface area contributed by atoms with Gasteiger partial charge in [0.25, 0.3) is 0 Å². The maximum absolute atomic E-state index is 11.8. The molecule has 0 unspecified atom stereocenters. The Labute approximate surface area is 211 Å². The first-order chi connectivity index (χ1) is 16.9. The fraction of sp³-hybridized carbons (Fsp3) is 0.875. The Morgan fingerprint density at radius 3 is 1.40 bits per heavy atom. The minimum Gasteiger partial charge on any atom is -0.466 e. The van der Waals surface area contributed by atoms with Gasteiger partial charge in [-0.1, -0.05) is 19.3 Å². The molecular weight excluding hydrogens is 476 g/mol. The van der Waals surface area contributed by atoms with Crippen LogP contribution in [-0.2, 0) is 41.9 Å². The van der Waals surface area contributed by atoms with Crippen LogP contribution in [0.3, 0.4) is 0 Å². The minimum atomic E-state index is -2.51. The summed E-state index contributed by atoms with van der Waals surface area (Å²) in [7, 11) is 2.28. The first-order valence-corrected chi connectivity index (χ1v) is 14.6. The molecule has 0 bridgehead atoms. The number of hydrogen-bond acceptors (Lipinski definition) is 10. The number of rotatable bonds is 24. The number of esters is 3. The van der Waals surface area contributed by atoms with Crippen LogP contribution < -0.4 is 0 Å². The van der Waals surface area contributed by atoms with Crippen molar-refractivity contribution < 1.29 is 47.0 Å². The SMILES string of the molecule is CO[Si](CCCCCCC(=O)OCCOC(=O)CCCCCOC(=O)CCCCCO)(OC)OC. The number of carbonyl (C=O) groups is 3. The lowest BCUT2D eigenvalue weighted by Crippen LogP contribution is -2.42. The van der Waals surface area contributed by atoms with Crippen LogP contribution in [-0.4, -0.2) is 79.6 Å². The van der Waals surface area contributed by atoms with E-state index in [0.29, 0.717) is 38.7 Å². The highest BCUT2D eigenvalue weighted by molar-refractivity contribution is 6.60. The van der Waals surface area contributed by atoms with Gasteiger partial charge in [-0.2, -0.15) is 0 Å². The second-order valence-electron chi connectivity index (χ2n) is 8.22. The molecule has 11 heteroatoms. The van der Waals surface area contributed by atoms with Crippen molar-refractivity contribution in [3.8, 4) is 0 Å². The van der Waals surface area contributed by atoms with Gasteiger partial charge in [0.05, 0.1) is 6.61 Å². The van der Waals surface area contributed by atoms with Gasteiger partial charge in [-0.05, 0) is 44.9 Å². The summed E-state index contributed by atoms with van der Waals surface area (Å²) in [4.78, 5) is 35.0. The summed E-state index contributed by atoms with van der Waals surface area (Å²) in [6.07, 6.45) is 8.82. The average molecular weight is 523 g/mol. The van der Waals surface area contributed by atoms with E-state index in [2.05, 4.69) is 0 Å². The van der Waals surface area contributed by atoms with Crippen molar-refractivity contribution in [2.24, 2.45) is 0 Å². The molecule has 0 aromatic heterocycles. The summed E-state index contributed by atoms with van der Waals surface area (Å²) in [5.74, 6) is -0.844. The molecule has 0 saturated heterocycles. The van der Waals surface area contributed by atoms with Crippen molar-refractivity contribution in [3.05, 3.63) is 0 Å². The van der Waals surface area contributed by atoms with E-state index in [1.165, 1.54) is 0 Å². The Morgan fingerprint density at radius 1 is 0.543 bits per heavy atom. The zero-order chi connectivity index (χ0) is 26.2. The summed E-state index contributed by atoms with van der Waals surface area (Å²) >= 11 is 0. The van der Waals surface area contributed by atoms with Gasteiger partial charge in [-0.15, -0.1) is 0 Å². The number of hydrogen-bond donors (Lipinski definition) is 1. The third-order valence-electron chi connectivity index (χ3n) is 5.48. The number of carbonyl (C=O) groups excluding carboxylic acids is 3. The molecule has 0 atom stereocenters. The maximum atomic E-state index is 11.8. The lowest BCUT2D eigenvalue weighted by molar-refractivity contribution is -0.152. The summed E-state index contributed by atoms with van der Waals surface area (Å²) in [5.41, 5.74) is 0. The molecule has 0 fully saturated rings. The quantitative estimate of drug-likeness (QED) is 0.0870. The number of ether oxygens (including phenoxy) is 3. The molecule has 0 spiro atoms. The molecule has 0 amide bonds. The van der Waals surface area contributed by atoms with Crippen LogP contribution in [0.25, 0.3) is 0 Å². The highest BCUT2D eigenvalue weighted by Crippen LogP contribution is 2.18. The molecule has 0 aliphatic carbocycles. The van der Waals surface area contributed by atoms with Gasteiger partial charge in [0.1, 0.15) is 13.2 Å². The molecule has 1 N–H and O–H groups in total. The molecule has 0 saturated carbocycles. The van der Waals surface area contributed by atoms with E-state index in [0.717, 1.165) is 51.0 Å². The van der Waals surface area contributed by atoms with E-state index in [9.17, 15) is 14.4 Å². The minimum absolute atomic E-state index is 0.0518. The summed E-state index contributed by atoms with van der Waals surface area (Å²) in [6.45, 7) is 0.603. The molecular formula is C24H46O10Si. The van der Waals surface area contributed by atoms with Gasteiger partial charge >= 0.3 is 26.7 Å². The summed E-state index contributed by atoms with van der Waals surface area (Å²) in [5, 5.41) is 8.69. The van der Waals surface area contributed by atoms with E-state index in [-0.39, 0.29) is 44.1 Å². The van der Waals surface area contributed by atoms with Crippen LogP contribution in [0.2, 0.25) is 6.04 Å². The Bertz CT molecular complexity index is 546. The highest BCUT2D eigenvalue weighted by Gasteiger charge is 2.36. The van der Waals surface area contributed by atoms with Gasteiger partial charge in [-0.25, -0.2) is 0 Å². The summed E-state index contributed by atoms with van der Waals surface area (Å²) in [6, 6.07) is 0.743. The van der Waals surface area contributed by atoms with Crippen molar-refractivity contribution in [1.29, 1.82) is 0 Å². The fourth-order valence-corrected chi connectivity index (χ4v) is 5.14. The first-order valence-electron chi connectivity index (χ1n) is 12.7. The lowest BCUT2D eigenvalue weighted by Gasteiger charge is -2.24. The van der Waals surface area contributed by atoms with E-state index < -0.39 is 8.80 Å². The highest BCUT2D eigenvalue weighted by atomic mass is 28.4. The van der Waals surface area contributed by atoms with Crippen LogP contribution in [0.1, 0.15) is 83.5 Å². The van der Waals surface area contributed by atoms with Crippen LogP contribution >= 0.6 is 0 Å². The summed E-state index contributed by atoms with van der Waals surface area (Å²) < 4.78 is 31.4. The monoisotopic (exact) mass is 522 g/mol. The number of aliphatic hydroxyl groups is 1. The standard InChI is InChI=1S/C24H46O10Si/c1-29-35(30-2,31-3)21-13-5-4-8-14-23(27)33-19-20-34-24(28)16-10-7-12-18-32-22(26)15-9-6-11-17-25/h25H,4-21H2,1-3H3. The normalized spacial score (nSPS) is 11.3. The van der Waals surface area contributed by atoms with Crippen molar-refractivity contribution >= 4 is 26.7 Å². The van der Waals surface area contributed by atoms with Crippen molar-refractivity contribution in [3.63, 3.8) is 0 Å². The third kappa shape index (κ3) is 19.3. The van der Waals surface area contributed by atoms with Crippen LogP contribution in [0.4, 0.5) is 0 Å². The Morgan fingerprint density at radius 2 is 0.943 bits per heavy atom. The van der Waals surface area contributed by atoms with Gasteiger partial charge in [-0.3, -0.25) is 14.4 Å². The molecule has 206 valence electrons. The molecule has 0 aromatic rings. The van der Waals surface area contributed by atoms with E-state index >= 15 is 0 Å². The Hall–Kier alpha value is -1.53. The van der Waals surface area contributed by atoms with Gasteiger partial charge in [0.15, 0.2) is 0 Å². The Kier molecular flexibility index (Phi) is 21.9. The van der Waals surface area contributed by atoms with Gasteiger partial charge in [0.2, 0.25) is 0 Å². The van der Waals surface area contributed by atoms with Crippen LogP contribution in [0.15, 0.2) is 0 Å². The van der Waals surface area contributed by atoms with Crippen molar-refractivity contribution in [2.45, 2.75) is 89.5 Å². The molecule has 35 heavy (non-hydrogen) atoms. The van der Waals surface area contributed by atoms with Crippen molar-refractivity contribution in [1.82, 2.24) is 0 Å². The van der Waals surface area contributed by atoms with Gasteiger partial charge < -0.3 is 32.6 Å². The lowest BCUT2D eigenvalue weighted by atomic mass is 10.1. The first kappa shape index (κ1) is 33.5. The van der Waals surface area contributed by atoms with Crippen molar-refractivity contribution in [2.75, 3.05) is 47.8 Å². The topological polar surface area (TPSA) is 127 Å². The largest absolute Gasteiger partial charge is 0.500 e. The van der Waals surface area contributed by atoms with E-state index in [1.807, 2.05) is 0 Å². The third-order valence-corrected chi connectivity index (χ3v) is 8.32.